The summed E-state index contributed by atoms with van der Waals surface area (Å²) < 4.78 is 12.8. The van der Waals surface area contributed by atoms with Gasteiger partial charge >= 0.3 is 0 Å². The van der Waals surface area contributed by atoms with Crippen LogP contribution in [0.5, 0.6) is 11.5 Å². The van der Waals surface area contributed by atoms with E-state index in [9.17, 15) is 15.3 Å². The highest BCUT2D eigenvalue weighted by Crippen LogP contribution is 2.68. The molecule has 1 aromatic carbocycles. The molecule has 3 aliphatic heterocycles. The van der Waals surface area contributed by atoms with Crippen LogP contribution in [0, 0.1) is 22.7 Å². The maximum absolute atomic E-state index is 12.2. The van der Waals surface area contributed by atoms with Crippen molar-refractivity contribution in [2.24, 2.45) is 5.10 Å². The molecule has 0 fully saturated rings. The number of allylic oxidation sites excluding steroid dienone is 1. The zero-order valence-electron chi connectivity index (χ0n) is 14.7. The summed E-state index contributed by atoms with van der Waals surface area (Å²) in [5, 5.41) is 22.4. The molecule has 3 aliphatic rings. The van der Waals surface area contributed by atoms with Crippen LogP contribution in [-0.2, 0) is 4.79 Å². The first-order valence-electron chi connectivity index (χ1n) is 7.71. The Morgan fingerprint density at radius 3 is 1.86 bits per heavy atom. The van der Waals surface area contributed by atoms with Crippen LogP contribution in [-0.4, -0.2) is 25.8 Å². The number of nitrogens with zero attached hydrogens (tertiary/aromatic N) is 3. The van der Waals surface area contributed by atoms with Crippen molar-refractivity contribution in [1.82, 2.24) is 5.43 Å². The monoisotopic (exact) mass is 446 g/mol. The van der Waals surface area contributed by atoms with Gasteiger partial charge in [0.25, 0.3) is 5.91 Å². The predicted molar refractivity (Wildman–Crippen MR) is 110 cm³/mol. The van der Waals surface area contributed by atoms with Gasteiger partial charge in [-0.25, -0.2) is 5.43 Å². The minimum absolute atomic E-state index is 0.0630. The summed E-state index contributed by atoms with van der Waals surface area (Å²) in [6.45, 7) is 1.78. The van der Waals surface area contributed by atoms with Gasteiger partial charge in [0.2, 0.25) is 0 Å². The average Bonchev–Trinajstić information content (AvgIpc) is 3.38. The molecule has 1 N–H and O–H groups in total. The predicted octanol–water partition coefficient (Wildman–Crippen LogP) is 4.08. The molecule has 0 bridgehead atoms. The highest BCUT2D eigenvalue weighted by Gasteiger charge is 2.39. The van der Waals surface area contributed by atoms with Crippen LogP contribution in [0.4, 0.5) is 0 Å². The van der Waals surface area contributed by atoms with Gasteiger partial charge in [0.05, 0.1) is 53.6 Å². The van der Waals surface area contributed by atoms with Gasteiger partial charge < -0.3 is 9.47 Å². The van der Waals surface area contributed by atoms with Crippen molar-refractivity contribution in [3.8, 4) is 23.6 Å². The number of hydrogen-bond acceptors (Lipinski definition) is 10. The van der Waals surface area contributed by atoms with Crippen LogP contribution in [0.2, 0.25) is 0 Å². The number of nitrogens with one attached hydrogen (secondary N) is 1. The van der Waals surface area contributed by atoms with Gasteiger partial charge in [-0.3, -0.25) is 4.79 Å². The van der Waals surface area contributed by atoms with E-state index >= 15 is 0 Å². The number of benzene rings is 1. The second-order valence-corrected chi connectivity index (χ2v) is 10.1. The van der Waals surface area contributed by atoms with E-state index < -0.39 is 0 Å². The van der Waals surface area contributed by atoms with Crippen molar-refractivity contribution in [3.63, 3.8) is 0 Å². The van der Waals surface area contributed by atoms with Crippen molar-refractivity contribution in [3.05, 3.63) is 19.6 Å². The van der Waals surface area contributed by atoms with Crippen molar-refractivity contribution in [1.29, 1.82) is 10.5 Å². The third-order valence-electron chi connectivity index (χ3n) is 3.97. The van der Waals surface area contributed by atoms with Crippen LogP contribution >= 0.6 is 47.0 Å². The molecule has 0 unspecified atom stereocenters. The van der Waals surface area contributed by atoms with E-state index in [4.69, 9.17) is 9.47 Å². The molecule has 0 radical (unpaired) electrons. The zero-order chi connectivity index (χ0) is 20.0. The van der Waals surface area contributed by atoms with Crippen molar-refractivity contribution < 1.29 is 14.3 Å². The standard InChI is InChI=1S/C17H10N4O3S4/c1-6-8(15(22)21-20-6)17-27-13-9(23-2)11-12(10(24-3)14(13)28-17)26-16(25-11)7(4-18)5-19/h1-3H3,(H,21,22). The average molecular weight is 447 g/mol. The lowest BCUT2D eigenvalue weighted by Crippen LogP contribution is -2.13. The lowest BCUT2D eigenvalue weighted by Gasteiger charge is -2.14. The molecular formula is C17H10N4O3S4. The first-order valence-corrected chi connectivity index (χ1v) is 11.0. The molecule has 28 heavy (non-hydrogen) atoms. The van der Waals surface area contributed by atoms with Gasteiger partial charge in [0, 0.05) is 0 Å². The summed E-state index contributed by atoms with van der Waals surface area (Å²) in [5.41, 5.74) is 3.73. The SMILES string of the molecule is COc1c2c(c(OC)c3c1SC(=C1C(=O)NN=C1C)S3)SC(=C(C#N)C#N)S2. The van der Waals surface area contributed by atoms with Gasteiger partial charge in [-0.05, 0) is 6.92 Å². The number of thioether (sulfide) groups is 4. The summed E-state index contributed by atoms with van der Waals surface area (Å²) in [5.74, 6) is 1.07. The second kappa shape index (κ2) is 7.33. The van der Waals surface area contributed by atoms with E-state index in [1.165, 1.54) is 47.0 Å². The fraction of sp³-hybridized carbons (Fsp3) is 0.176. The molecule has 1 amide bonds. The first-order chi connectivity index (χ1) is 13.5. The molecule has 11 heteroatoms. The highest BCUT2D eigenvalue weighted by molar-refractivity contribution is 8.26. The lowest BCUT2D eigenvalue weighted by molar-refractivity contribution is -0.116. The fourth-order valence-corrected chi connectivity index (χ4v) is 8.37. The van der Waals surface area contributed by atoms with Crippen LogP contribution in [0.25, 0.3) is 0 Å². The van der Waals surface area contributed by atoms with Crippen LogP contribution in [0.1, 0.15) is 6.92 Å². The maximum Gasteiger partial charge on any atom is 0.274 e. The Hall–Kier alpha value is -2.18. The Labute approximate surface area is 177 Å². The Bertz CT molecular complexity index is 1060. The summed E-state index contributed by atoms with van der Waals surface area (Å²) in [6.07, 6.45) is 0. The molecule has 3 heterocycles. The molecule has 0 saturated heterocycles. The molecule has 0 aliphatic carbocycles. The minimum Gasteiger partial charge on any atom is -0.494 e. The van der Waals surface area contributed by atoms with Crippen LogP contribution in [0.15, 0.2) is 44.3 Å². The van der Waals surface area contributed by atoms with E-state index in [1.807, 2.05) is 12.1 Å². The van der Waals surface area contributed by atoms with Gasteiger partial charge in [0.15, 0.2) is 0 Å². The molecule has 1 aromatic rings. The Kier molecular flexibility index (Phi) is 5.02. The van der Waals surface area contributed by atoms with Crippen LogP contribution < -0.4 is 14.9 Å². The van der Waals surface area contributed by atoms with E-state index in [0.717, 1.165) is 23.8 Å². The zero-order valence-corrected chi connectivity index (χ0v) is 18.0. The number of ether oxygens (including phenoxy) is 2. The molecule has 140 valence electrons. The van der Waals surface area contributed by atoms with Crippen molar-refractivity contribution >= 4 is 58.7 Å². The maximum atomic E-state index is 12.2. The first kappa shape index (κ1) is 19.2. The quantitative estimate of drug-likeness (QED) is 0.531. The normalized spacial score (nSPS) is 16.8. The number of hydrogen-bond donors (Lipinski definition) is 1. The topological polar surface area (TPSA) is 108 Å². The van der Waals surface area contributed by atoms with E-state index in [0.29, 0.717) is 27.0 Å². The summed E-state index contributed by atoms with van der Waals surface area (Å²) in [7, 11) is 3.16. The second-order valence-electron chi connectivity index (χ2n) is 5.48. The number of methoxy groups -OCH3 is 2. The van der Waals surface area contributed by atoms with Crippen molar-refractivity contribution in [2.75, 3.05) is 14.2 Å². The van der Waals surface area contributed by atoms with Crippen molar-refractivity contribution in [2.45, 2.75) is 26.5 Å². The fourth-order valence-electron chi connectivity index (χ4n) is 2.74. The summed E-state index contributed by atoms with van der Waals surface area (Å²) in [4.78, 5) is 15.5. The number of amides is 1. The van der Waals surface area contributed by atoms with Crippen LogP contribution in [0.3, 0.4) is 0 Å². The van der Waals surface area contributed by atoms with Gasteiger partial charge in [-0.2, -0.15) is 15.6 Å². The third kappa shape index (κ3) is 2.78. The number of fused-ring (bicyclic) bond motifs is 2. The smallest absolute Gasteiger partial charge is 0.274 e. The number of rotatable bonds is 2. The summed E-state index contributed by atoms with van der Waals surface area (Å²) >= 11 is 5.52. The molecule has 0 saturated carbocycles. The number of hydrazone groups is 1. The molecule has 0 spiro atoms. The molecule has 0 aromatic heterocycles. The summed E-state index contributed by atoms with van der Waals surface area (Å²) in [6, 6.07) is 3.87. The Balaban J connectivity index is 1.89. The number of carbonyl (C=O) groups excluding carboxylic acids is 1. The molecule has 4 rings (SSSR count). The van der Waals surface area contributed by atoms with E-state index in [-0.39, 0.29) is 11.5 Å². The lowest BCUT2D eigenvalue weighted by atomic mass is 10.2. The Morgan fingerprint density at radius 2 is 1.46 bits per heavy atom. The highest BCUT2D eigenvalue weighted by atomic mass is 32.2. The van der Waals surface area contributed by atoms with Gasteiger partial charge in [-0.1, -0.05) is 47.0 Å². The third-order valence-corrected chi connectivity index (χ3v) is 9.16. The molecular weight excluding hydrogens is 436 g/mol. The molecule has 0 atom stereocenters. The van der Waals surface area contributed by atoms with Gasteiger partial charge in [-0.15, -0.1) is 0 Å². The Morgan fingerprint density at radius 1 is 0.964 bits per heavy atom. The van der Waals surface area contributed by atoms with Gasteiger partial charge in [0.1, 0.15) is 29.2 Å². The number of carbonyl (C=O) groups is 1. The minimum atomic E-state index is -0.229. The van der Waals surface area contributed by atoms with E-state index in [2.05, 4.69) is 10.5 Å². The van der Waals surface area contributed by atoms with E-state index in [1.54, 1.807) is 21.1 Å². The number of nitriles is 2. The molecule has 7 nitrogen and oxygen atoms in total. The largest absolute Gasteiger partial charge is 0.494 e.